The number of pyridine rings is 1. The highest BCUT2D eigenvalue weighted by molar-refractivity contribution is 5.68. The second-order valence-corrected chi connectivity index (χ2v) is 5.18. The van der Waals surface area contributed by atoms with Gasteiger partial charge in [0.2, 0.25) is 5.95 Å². The van der Waals surface area contributed by atoms with Crippen LogP contribution in [0.5, 0.6) is 5.75 Å². The molecule has 0 aromatic carbocycles. The Bertz CT molecular complexity index is 895. The molecule has 3 N–H and O–H groups in total. The van der Waals surface area contributed by atoms with E-state index in [9.17, 15) is 13.2 Å². The van der Waals surface area contributed by atoms with Gasteiger partial charge < -0.3 is 20.4 Å². The van der Waals surface area contributed by atoms with Crippen LogP contribution in [0.15, 0.2) is 36.8 Å². The van der Waals surface area contributed by atoms with E-state index in [1.54, 1.807) is 12.3 Å². The van der Waals surface area contributed by atoms with Crippen LogP contribution in [-0.4, -0.2) is 34.1 Å². The van der Waals surface area contributed by atoms with Crippen LogP contribution in [0.25, 0.3) is 11.4 Å². The van der Waals surface area contributed by atoms with Gasteiger partial charge >= 0.3 is 6.18 Å². The van der Waals surface area contributed by atoms with Crippen molar-refractivity contribution in [2.45, 2.75) is 6.18 Å². The maximum Gasteiger partial charge on any atom is 0.421 e. The van der Waals surface area contributed by atoms with Gasteiger partial charge in [0, 0.05) is 25.5 Å². The number of H-pyrrole nitrogens is 1. The minimum Gasteiger partial charge on any atom is -0.494 e. The monoisotopic (exact) mass is 364 g/mol. The molecule has 0 bridgehead atoms. The molecule has 3 aromatic rings. The third-order valence-corrected chi connectivity index (χ3v) is 3.54. The Hall–Kier alpha value is -3.30. The topological polar surface area (TPSA) is 87.8 Å². The molecule has 0 saturated carbocycles. The fourth-order valence-electron chi connectivity index (χ4n) is 2.30. The molecule has 10 heteroatoms. The average molecular weight is 364 g/mol. The molecule has 0 aliphatic rings. The standard InChI is InChI=1S/C16H15F3N6O/c1-20-14-9(16(17,18)19)7-23-15(25-14)24-12-8-22-11(6-13(12)26-2)10-4-3-5-21-10/h3-8,21H,1-2H3,(H2,20,23,24,25). The van der Waals surface area contributed by atoms with Gasteiger partial charge in [-0.15, -0.1) is 0 Å². The number of halogens is 3. The van der Waals surface area contributed by atoms with Crippen LogP contribution in [0.3, 0.4) is 0 Å². The maximum atomic E-state index is 12.9. The summed E-state index contributed by atoms with van der Waals surface area (Å²) in [4.78, 5) is 14.9. The van der Waals surface area contributed by atoms with Gasteiger partial charge in [0.25, 0.3) is 0 Å². The fourth-order valence-corrected chi connectivity index (χ4v) is 2.30. The van der Waals surface area contributed by atoms with Gasteiger partial charge in [-0.3, -0.25) is 4.98 Å². The molecule has 0 aliphatic carbocycles. The molecular weight excluding hydrogens is 349 g/mol. The van der Waals surface area contributed by atoms with Crippen molar-refractivity contribution in [3.8, 4) is 17.1 Å². The molecular formula is C16H15F3N6O. The molecule has 136 valence electrons. The quantitative estimate of drug-likeness (QED) is 0.640. The lowest BCUT2D eigenvalue weighted by Gasteiger charge is -2.14. The zero-order valence-electron chi connectivity index (χ0n) is 13.8. The number of rotatable bonds is 5. The van der Waals surface area contributed by atoms with Crippen molar-refractivity contribution in [2.75, 3.05) is 24.8 Å². The number of methoxy groups -OCH3 is 1. The van der Waals surface area contributed by atoms with Crippen LogP contribution in [0.2, 0.25) is 0 Å². The number of hydrogen-bond acceptors (Lipinski definition) is 6. The van der Waals surface area contributed by atoms with Gasteiger partial charge in [0.15, 0.2) is 0 Å². The van der Waals surface area contributed by atoms with E-state index in [2.05, 4.69) is 30.6 Å². The van der Waals surface area contributed by atoms with E-state index in [1.165, 1.54) is 20.4 Å². The minimum absolute atomic E-state index is 0.0185. The average Bonchev–Trinajstić information content (AvgIpc) is 3.15. The first-order valence-electron chi connectivity index (χ1n) is 7.49. The number of nitrogens with one attached hydrogen (secondary N) is 3. The molecule has 0 spiro atoms. The zero-order valence-corrected chi connectivity index (χ0v) is 13.8. The predicted molar refractivity (Wildman–Crippen MR) is 90.4 cm³/mol. The summed E-state index contributed by atoms with van der Waals surface area (Å²) in [5.41, 5.74) is 0.933. The summed E-state index contributed by atoms with van der Waals surface area (Å²) in [6.07, 6.45) is -0.567. The lowest BCUT2D eigenvalue weighted by Crippen LogP contribution is -2.12. The summed E-state index contributed by atoms with van der Waals surface area (Å²) in [7, 11) is 2.83. The fraction of sp³-hybridized carbons (Fsp3) is 0.188. The molecule has 0 aliphatic heterocycles. The number of alkyl halides is 3. The predicted octanol–water partition coefficient (Wildman–Crippen LogP) is 3.68. The Morgan fingerprint density at radius 2 is 2.00 bits per heavy atom. The van der Waals surface area contributed by atoms with Crippen LogP contribution in [0.1, 0.15) is 5.56 Å². The lowest BCUT2D eigenvalue weighted by atomic mass is 10.2. The van der Waals surface area contributed by atoms with Crippen LogP contribution in [0.4, 0.5) is 30.6 Å². The molecule has 3 rings (SSSR count). The zero-order chi connectivity index (χ0) is 18.7. The smallest absolute Gasteiger partial charge is 0.421 e. The largest absolute Gasteiger partial charge is 0.494 e. The highest BCUT2D eigenvalue weighted by atomic mass is 19.4. The molecule has 26 heavy (non-hydrogen) atoms. The normalized spacial score (nSPS) is 11.3. The number of ether oxygens (including phenoxy) is 1. The number of nitrogens with zero attached hydrogens (tertiary/aromatic N) is 3. The molecule has 0 fully saturated rings. The van der Waals surface area contributed by atoms with Crippen LogP contribution >= 0.6 is 0 Å². The van der Waals surface area contributed by atoms with E-state index in [4.69, 9.17) is 4.74 Å². The second-order valence-electron chi connectivity index (χ2n) is 5.18. The third kappa shape index (κ3) is 3.53. The van der Waals surface area contributed by atoms with Gasteiger partial charge in [-0.25, -0.2) is 4.98 Å². The van der Waals surface area contributed by atoms with E-state index >= 15 is 0 Å². The molecule has 3 heterocycles. The third-order valence-electron chi connectivity index (χ3n) is 3.54. The first-order chi connectivity index (χ1) is 12.4. The van der Waals surface area contributed by atoms with E-state index < -0.39 is 11.7 Å². The van der Waals surface area contributed by atoms with Gasteiger partial charge in [-0.1, -0.05) is 0 Å². The SMILES string of the molecule is CNc1nc(Nc2cnc(-c3ccc[nH]3)cc2OC)ncc1C(F)(F)F. The minimum atomic E-state index is -4.55. The Kier molecular flexibility index (Phi) is 4.65. The Morgan fingerprint density at radius 3 is 2.62 bits per heavy atom. The van der Waals surface area contributed by atoms with Crippen molar-refractivity contribution < 1.29 is 17.9 Å². The Labute approximate surface area is 146 Å². The van der Waals surface area contributed by atoms with E-state index in [-0.39, 0.29) is 11.8 Å². The summed E-state index contributed by atoms with van der Waals surface area (Å²) >= 11 is 0. The van der Waals surface area contributed by atoms with Gasteiger partial charge in [0.05, 0.1) is 24.7 Å². The van der Waals surface area contributed by atoms with Gasteiger partial charge in [0.1, 0.15) is 22.8 Å². The van der Waals surface area contributed by atoms with Crippen molar-refractivity contribution in [1.29, 1.82) is 0 Å². The Balaban J connectivity index is 1.91. The Morgan fingerprint density at radius 1 is 1.19 bits per heavy atom. The lowest BCUT2D eigenvalue weighted by molar-refractivity contribution is -0.137. The number of hydrogen-bond donors (Lipinski definition) is 3. The van der Waals surface area contributed by atoms with Crippen LogP contribution in [0, 0.1) is 0 Å². The van der Waals surface area contributed by atoms with Crippen molar-refractivity contribution in [3.05, 3.63) is 42.4 Å². The van der Waals surface area contributed by atoms with Gasteiger partial charge in [-0.05, 0) is 12.1 Å². The summed E-state index contributed by atoms with van der Waals surface area (Å²) in [6, 6.07) is 5.38. The molecule has 0 radical (unpaired) electrons. The highest BCUT2D eigenvalue weighted by Gasteiger charge is 2.35. The summed E-state index contributed by atoms with van der Waals surface area (Å²) in [6.45, 7) is 0. The second kappa shape index (κ2) is 6.90. The molecule has 7 nitrogen and oxygen atoms in total. The number of anilines is 3. The number of aromatic amines is 1. The van der Waals surface area contributed by atoms with Crippen molar-refractivity contribution in [1.82, 2.24) is 19.9 Å². The maximum absolute atomic E-state index is 12.9. The van der Waals surface area contributed by atoms with E-state index in [0.29, 0.717) is 23.3 Å². The van der Waals surface area contributed by atoms with Gasteiger partial charge in [-0.2, -0.15) is 18.2 Å². The molecule has 0 atom stereocenters. The first kappa shape index (κ1) is 17.5. The van der Waals surface area contributed by atoms with Crippen molar-refractivity contribution >= 4 is 17.5 Å². The molecule has 0 saturated heterocycles. The number of aromatic nitrogens is 4. The first-order valence-corrected chi connectivity index (χ1v) is 7.49. The van der Waals surface area contributed by atoms with Crippen molar-refractivity contribution in [2.24, 2.45) is 0 Å². The molecule has 0 amide bonds. The van der Waals surface area contributed by atoms with E-state index in [0.717, 1.165) is 5.69 Å². The molecule has 0 unspecified atom stereocenters. The van der Waals surface area contributed by atoms with Crippen LogP contribution < -0.4 is 15.4 Å². The summed E-state index contributed by atoms with van der Waals surface area (Å²) in [5, 5.41) is 5.24. The summed E-state index contributed by atoms with van der Waals surface area (Å²) in [5.74, 6) is 0.0964. The highest BCUT2D eigenvalue weighted by Crippen LogP contribution is 2.34. The molecule has 3 aromatic heterocycles. The van der Waals surface area contributed by atoms with Crippen LogP contribution in [-0.2, 0) is 6.18 Å². The van der Waals surface area contributed by atoms with E-state index in [1.807, 2.05) is 12.1 Å². The van der Waals surface area contributed by atoms with Crippen molar-refractivity contribution in [3.63, 3.8) is 0 Å². The summed E-state index contributed by atoms with van der Waals surface area (Å²) < 4.78 is 44.1.